The molecule has 0 saturated carbocycles. The molecule has 0 spiro atoms. The van der Waals surface area contributed by atoms with Crippen LogP contribution in [0.25, 0.3) is 0 Å². The summed E-state index contributed by atoms with van der Waals surface area (Å²) in [5, 5.41) is 0. The Labute approximate surface area is 67.6 Å². The Hall–Kier alpha value is -1.04. The molecule has 2 aliphatic rings. The van der Waals surface area contributed by atoms with Gasteiger partial charge in [-0.2, -0.15) is 0 Å². The van der Waals surface area contributed by atoms with Crippen LogP contribution in [0.3, 0.4) is 0 Å². The van der Waals surface area contributed by atoms with Crippen LogP contribution in [-0.4, -0.2) is 0 Å². The zero-order valence-corrected chi connectivity index (χ0v) is 7.07. The molecule has 0 heterocycles. The van der Waals surface area contributed by atoms with E-state index in [-0.39, 0.29) is 0 Å². The van der Waals surface area contributed by atoms with Crippen molar-refractivity contribution < 1.29 is 0 Å². The summed E-state index contributed by atoms with van der Waals surface area (Å²) in [6, 6.07) is 0. The molecule has 0 fully saturated rings. The van der Waals surface area contributed by atoms with Crippen LogP contribution in [0.1, 0.15) is 20.3 Å². The van der Waals surface area contributed by atoms with E-state index in [2.05, 4.69) is 32.6 Å². The van der Waals surface area contributed by atoms with Crippen LogP contribution in [0, 0.1) is 0 Å². The van der Waals surface area contributed by atoms with Gasteiger partial charge in [0.15, 0.2) is 0 Å². The highest BCUT2D eigenvalue weighted by Crippen LogP contribution is 2.42. The second kappa shape index (κ2) is 1.97. The summed E-state index contributed by atoms with van der Waals surface area (Å²) in [4.78, 5) is 0. The van der Waals surface area contributed by atoms with Crippen molar-refractivity contribution >= 4 is 0 Å². The Morgan fingerprint density at radius 3 is 2.64 bits per heavy atom. The second-order valence-corrected chi connectivity index (χ2v) is 3.25. The van der Waals surface area contributed by atoms with Crippen molar-refractivity contribution in [2.24, 2.45) is 0 Å². The van der Waals surface area contributed by atoms with E-state index in [0.717, 1.165) is 6.42 Å². The van der Waals surface area contributed by atoms with Gasteiger partial charge >= 0.3 is 0 Å². The standard InChI is InChI=1S/C11H12/c1-7-5-4-6-10-8(2)9(3)11(7)10/h4,6H,1,5H2,2-3H3. The van der Waals surface area contributed by atoms with Gasteiger partial charge in [0.25, 0.3) is 0 Å². The molecule has 0 N–H and O–H groups in total. The monoisotopic (exact) mass is 144 g/mol. The second-order valence-electron chi connectivity index (χ2n) is 3.25. The number of hydrogen-bond donors (Lipinski definition) is 0. The SMILES string of the molecule is C=C1CC=CC2=C1C(C)=C2C. The smallest absolute Gasteiger partial charge is 0.00937 e. The molecule has 0 aliphatic heterocycles. The predicted molar refractivity (Wildman–Crippen MR) is 48.3 cm³/mol. The highest BCUT2D eigenvalue weighted by atomic mass is 14.3. The molecule has 56 valence electrons. The number of hydrogen-bond acceptors (Lipinski definition) is 0. The summed E-state index contributed by atoms with van der Waals surface area (Å²) in [6.07, 6.45) is 5.44. The van der Waals surface area contributed by atoms with Crippen molar-refractivity contribution in [3.8, 4) is 0 Å². The van der Waals surface area contributed by atoms with Gasteiger partial charge < -0.3 is 0 Å². The Balaban J connectivity index is 2.45. The van der Waals surface area contributed by atoms with Crippen LogP contribution in [0.4, 0.5) is 0 Å². The Morgan fingerprint density at radius 2 is 2.00 bits per heavy atom. The molecule has 0 saturated heterocycles. The minimum Gasteiger partial charge on any atom is -0.0949 e. The first-order valence-electron chi connectivity index (χ1n) is 3.99. The van der Waals surface area contributed by atoms with E-state index >= 15 is 0 Å². The summed E-state index contributed by atoms with van der Waals surface area (Å²) in [7, 11) is 0. The maximum absolute atomic E-state index is 4.04. The first-order chi connectivity index (χ1) is 5.22. The predicted octanol–water partition coefficient (Wildman–Crippen LogP) is 3.15. The third kappa shape index (κ3) is 0.697. The molecule has 11 heavy (non-hydrogen) atoms. The zero-order valence-electron chi connectivity index (χ0n) is 7.07. The minimum atomic E-state index is 1.03. The maximum Gasteiger partial charge on any atom is -0.00937 e. The van der Waals surface area contributed by atoms with Gasteiger partial charge in [-0.3, -0.25) is 0 Å². The quantitative estimate of drug-likeness (QED) is 0.490. The van der Waals surface area contributed by atoms with E-state index in [1.165, 1.54) is 27.9 Å². The summed E-state index contributed by atoms with van der Waals surface area (Å²) in [6.45, 7) is 8.40. The molecule has 0 nitrogen and oxygen atoms in total. The fourth-order valence-corrected chi connectivity index (χ4v) is 1.80. The van der Waals surface area contributed by atoms with Crippen molar-refractivity contribution in [1.82, 2.24) is 0 Å². The first-order valence-corrected chi connectivity index (χ1v) is 3.99. The average molecular weight is 144 g/mol. The lowest BCUT2D eigenvalue weighted by Crippen LogP contribution is -2.11. The van der Waals surface area contributed by atoms with Gasteiger partial charge in [0.2, 0.25) is 0 Å². The lowest BCUT2D eigenvalue weighted by molar-refractivity contribution is 1.07. The van der Waals surface area contributed by atoms with Crippen LogP contribution in [0.5, 0.6) is 0 Å². The summed E-state index contributed by atoms with van der Waals surface area (Å²) in [5.74, 6) is 0. The van der Waals surface area contributed by atoms with Crippen molar-refractivity contribution in [2.45, 2.75) is 20.3 Å². The van der Waals surface area contributed by atoms with Crippen molar-refractivity contribution in [2.75, 3.05) is 0 Å². The molecular weight excluding hydrogens is 132 g/mol. The van der Waals surface area contributed by atoms with Gasteiger partial charge in [-0.15, -0.1) is 0 Å². The molecule has 0 heteroatoms. The highest BCUT2D eigenvalue weighted by molar-refractivity contribution is 5.70. The first kappa shape index (κ1) is 6.66. The lowest BCUT2D eigenvalue weighted by atomic mass is 9.75. The fourth-order valence-electron chi connectivity index (χ4n) is 1.80. The zero-order chi connectivity index (χ0) is 8.01. The molecule has 0 aromatic heterocycles. The number of rotatable bonds is 0. The summed E-state index contributed by atoms with van der Waals surface area (Å²) >= 11 is 0. The van der Waals surface area contributed by atoms with Gasteiger partial charge in [0.1, 0.15) is 0 Å². The highest BCUT2D eigenvalue weighted by Gasteiger charge is 2.24. The minimum absolute atomic E-state index is 1.03. The molecule has 0 aromatic carbocycles. The maximum atomic E-state index is 4.04. The topological polar surface area (TPSA) is 0 Å². The molecule has 2 rings (SSSR count). The van der Waals surface area contributed by atoms with Crippen LogP contribution < -0.4 is 0 Å². The van der Waals surface area contributed by atoms with Gasteiger partial charge in [-0.05, 0) is 48.1 Å². The van der Waals surface area contributed by atoms with Gasteiger partial charge in [0.05, 0.1) is 0 Å². The molecular formula is C11H12. The van der Waals surface area contributed by atoms with Crippen molar-refractivity contribution in [3.05, 3.63) is 46.6 Å². The number of allylic oxidation sites excluding steroid dienone is 7. The largest absolute Gasteiger partial charge is 0.0949 e. The van der Waals surface area contributed by atoms with Crippen LogP contribution >= 0.6 is 0 Å². The van der Waals surface area contributed by atoms with Gasteiger partial charge in [0, 0.05) is 0 Å². The van der Waals surface area contributed by atoms with E-state index < -0.39 is 0 Å². The molecule has 0 bridgehead atoms. The van der Waals surface area contributed by atoms with E-state index in [1.54, 1.807) is 0 Å². The molecule has 2 aliphatic carbocycles. The summed E-state index contributed by atoms with van der Waals surface area (Å²) < 4.78 is 0. The van der Waals surface area contributed by atoms with E-state index in [1.807, 2.05) is 0 Å². The van der Waals surface area contributed by atoms with Crippen LogP contribution in [-0.2, 0) is 0 Å². The van der Waals surface area contributed by atoms with Crippen LogP contribution in [0.15, 0.2) is 46.6 Å². The fraction of sp³-hybridized carbons (Fsp3) is 0.273. The van der Waals surface area contributed by atoms with E-state index in [0.29, 0.717) is 0 Å². The third-order valence-electron chi connectivity index (χ3n) is 2.61. The molecule has 0 unspecified atom stereocenters. The average Bonchev–Trinajstić information content (AvgIpc) is 2.03. The Bertz CT molecular complexity index is 322. The van der Waals surface area contributed by atoms with Gasteiger partial charge in [-0.1, -0.05) is 18.7 Å². The van der Waals surface area contributed by atoms with E-state index in [4.69, 9.17) is 0 Å². The van der Waals surface area contributed by atoms with Crippen molar-refractivity contribution in [3.63, 3.8) is 0 Å². The molecule has 0 aromatic rings. The molecule has 0 atom stereocenters. The third-order valence-corrected chi connectivity index (χ3v) is 2.61. The summed E-state index contributed by atoms with van der Waals surface area (Å²) in [5.41, 5.74) is 7.00. The van der Waals surface area contributed by atoms with Crippen molar-refractivity contribution in [1.29, 1.82) is 0 Å². The van der Waals surface area contributed by atoms with E-state index in [9.17, 15) is 0 Å². The lowest BCUT2D eigenvalue weighted by Gasteiger charge is -2.29. The molecule has 0 amide bonds. The normalized spacial score (nSPS) is 22.2. The Morgan fingerprint density at radius 1 is 1.27 bits per heavy atom. The van der Waals surface area contributed by atoms with Gasteiger partial charge in [-0.25, -0.2) is 0 Å². The Kier molecular flexibility index (Phi) is 1.19. The molecule has 0 radical (unpaired) electrons. The van der Waals surface area contributed by atoms with Crippen LogP contribution in [0.2, 0.25) is 0 Å².